The molecule has 0 spiro atoms. The number of nitrogens with zero attached hydrogens (tertiary/aromatic N) is 2. The molecule has 0 saturated carbocycles. The highest BCUT2D eigenvalue weighted by Gasteiger charge is 2.43. The molecule has 1 saturated heterocycles. The van der Waals surface area contributed by atoms with E-state index in [0.717, 1.165) is 25.0 Å². The van der Waals surface area contributed by atoms with Crippen LogP contribution in [0.4, 0.5) is 22.0 Å². The number of rotatable bonds is 8. The van der Waals surface area contributed by atoms with E-state index in [4.69, 9.17) is 4.42 Å². The fraction of sp³-hybridized carbons (Fsp3) is 0.619. The molecule has 0 radical (unpaired) electrons. The van der Waals surface area contributed by atoms with Crippen molar-refractivity contribution < 1.29 is 36.6 Å². The van der Waals surface area contributed by atoms with Gasteiger partial charge in [0.05, 0.1) is 17.6 Å². The summed E-state index contributed by atoms with van der Waals surface area (Å²) < 4.78 is 71.0. The van der Waals surface area contributed by atoms with Crippen LogP contribution in [0, 0.1) is 11.6 Å². The van der Waals surface area contributed by atoms with Gasteiger partial charge in [0.15, 0.2) is 0 Å². The summed E-state index contributed by atoms with van der Waals surface area (Å²) in [4.78, 5) is 0. The van der Waals surface area contributed by atoms with Crippen molar-refractivity contribution in [1.29, 1.82) is 0 Å². The minimum Gasteiger partial charge on any atom is -0.417 e. The topological polar surface area (TPSA) is 91.4 Å². The first-order valence-electron chi connectivity index (χ1n) is 10.5. The lowest BCUT2D eigenvalue weighted by molar-refractivity contribution is -0.157. The van der Waals surface area contributed by atoms with Gasteiger partial charge in [0.25, 0.3) is 0 Å². The predicted molar refractivity (Wildman–Crippen MR) is 104 cm³/mol. The first-order valence-corrected chi connectivity index (χ1v) is 10.5. The zero-order chi connectivity index (χ0) is 23.5. The molecule has 1 aliphatic rings. The molecule has 2 heterocycles. The molecular formula is C21H26F5N3O3. The molecule has 6 nitrogen and oxygen atoms in total. The molecule has 32 heavy (non-hydrogen) atoms. The normalized spacial score (nSPS) is 23.8. The van der Waals surface area contributed by atoms with E-state index in [2.05, 4.69) is 15.5 Å². The number of hydrogen-bond acceptors (Lipinski definition) is 6. The highest BCUT2D eigenvalue weighted by Crippen LogP contribution is 2.35. The fourth-order valence-electron chi connectivity index (χ4n) is 4.16. The van der Waals surface area contributed by atoms with Crippen LogP contribution in [0.1, 0.15) is 62.3 Å². The van der Waals surface area contributed by atoms with Gasteiger partial charge in [0.2, 0.25) is 5.89 Å². The monoisotopic (exact) mass is 463 g/mol. The number of aliphatic hydroxyl groups excluding tert-OH is 1. The highest BCUT2D eigenvalue weighted by molar-refractivity contribution is 5.21. The zero-order valence-electron chi connectivity index (χ0n) is 17.5. The summed E-state index contributed by atoms with van der Waals surface area (Å²) in [6.07, 6.45) is -3.69. The second-order valence-electron chi connectivity index (χ2n) is 8.36. The molecule has 2 aromatic rings. The Morgan fingerprint density at radius 1 is 1.22 bits per heavy atom. The Morgan fingerprint density at radius 2 is 1.91 bits per heavy atom. The average molecular weight is 463 g/mol. The molecule has 1 fully saturated rings. The van der Waals surface area contributed by atoms with Crippen molar-refractivity contribution in [1.82, 2.24) is 15.5 Å². The minimum atomic E-state index is -4.88. The molecule has 3 N–H and O–H groups in total. The van der Waals surface area contributed by atoms with Crippen LogP contribution in [0.5, 0.6) is 0 Å². The van der Waals surface area contributed by atoms with Crippen molar-refractivity contribution in [2.45, 2.75) is 75.3 Å². The molecule has 3 rings (SSSR count). The Hall–Kier alpha value is -2.11. The van der Waals surface area contributed by atoms with E-state index in [1.165, 1.54) is 0 Å². The van der Waals surface area contributed by atoms with Crippen molar-refractivity contribution in [3.63, 3.8) is 0 Å². The van der Waals surface area contributed by atoms with Gasteiger partial charge >= 0.3 is 12.1 Å². The summed E-state index contributed by atoms with van der Waals surface area (Å²) in [6.45, 7) is 2.37. The molecule has 1 aliphatic heterocycles. The van der Waals surface area contributed by atoms with Crippen molar-refractivity contribution >= 4 is 0 Å². The van der Waals surface area contributed by atoms with Crippen molar-refractivity contribution in [3.8, 4) is 0 Å². The maximum Gasteiger partial charge on any atom is 0.470 e. The number of benzene rings is 1. The van der Waals surface area contributed by atoms with Crippen LogP contribution in [0.2, 0.25) is 0 Å². The highest BCUT2D eigenvalue weighted by atomic mass is 19.4. The molecule has 178 valence electrons. The van der Waals surface area contributed by atoms with Gasteiger partial charge in [0, 0.05) is 12.1 Å². The van der Waals surface area contributed by atoms with Crippen LogP contribution >= 0.6 is 0 Å². The molecule has 1 aromatic heterocycles. The standard InChI is InChI=1S/C21H26F5N3O3/c1-2-3-4-20(31)5-6-27-16(11-20)17(30)15(9-12-7-13(22)10-14(23)8-12)18-28-29-19(32-18)21(24,25)26/h7-8,10,15-17,27,30-31H,2-6,9,11H2,1H3. The molecule has 4 atom stereocenters. The first-order chi connectivity index (χ1) is 15.0. The van der Waals surface area contributed by atoms with Crippen molar-refractivity contribution in [3.05, 3.63) is 47.2 Å². The Morgan fingerprint density at radius 3 is 2.50 bits per heavy atom. The number of aliphatic hydroxyl groups is 2. The Bertz CT molecular complexity index is 887. The maximum atomic E-state index is 13.7. The van der Waals surface area contributed by atoms with Gasteiger partial charge in [-0.05, 0) is 49.9 Å². The number of aromatic nitrogens is 2. The number of piperidine rings is 1. The molecule has 0 amide bonds. The zero-order valence-corrected chi connectivity index (χ0v) is 17.5. The number of alkyl halides is 3. The van der Waals surface area contributed by atoms with E-state index >= 15 is 0 Å². The second kappa shape index (κ2) is 9.80. The smallest absolute Gasteiger partial charge is 0.417 e. The Kier molecular flexibility index (Phi) is 7.51. The summed E-state index contributed by atoms with van der Waals surface area (Å²) in [6, 6.07) is 2.01. The lowest BCUT2D eigenvalue weighted by Crippen LogP contribution is -2.54. The van der Waals surface area contributed by atoms with E-state index in [1.807, 2.05) is 6.92 Å². The molecule has 4 unspecified atom stereocenters. The van der Waals surface area contributed by atoms with Crippen LogP contribution in [0.25, 0.3) is 0 Å². The van der Waals surface area contributed by atoms with Crippen LogP contribution in [-0.4, -0.2) is 44.7 Å². The summed E-state index contributed by atoms with van der Waals surface area (Å²) >= 11 is 0. The van der Waals surface area contributed by atoms with Crippen LogP contribution in [0.15, 0.2) is 22.6 Å². The fourth-order valence-corrected chi connectivity index (χ4v) is 4.16. The van der Waals surface area contributed by atoms with Gasteiger partial charge in [-0.1, -0.05) is 19.8 Å². The van der Waals surface area contributed by atoms with Gasteiger partial charge in [-0.2, -0.15) is 13.2 Å². The predicted octanol–water partition coefficient (Wildman–Crippen LogP) is 3.73. The van der Waals surface area contributed by atoms with Gasteiger partial charge in [-0.3, -0.25) is 0 Å². The lowest BCUT2D eigenvalue weighted by atomic mass is 9.78. The Labute approximate surface area is 181 Å². The third-order valence-corrected chi connectivity index (χ3v) is 5.80. The average Bonchev–Trinajstić information content (AvgIpc) is 3.20. The van der Waals surface area contributed by atoms with Gasteiger partial charge in [-0.25, -0.2) is 8.78 Å². The van der Waals surface area contributed by atoms with Gasteiger partial charge < -0.3 is 19.9 Å². The summed E-state index contributed by atoms with van der Waals surface area (Å²) in [5, 5.41) is 31.5. The van der Waals surface area contributed by atoms with Gasteiger partial charge in [-0.15, -0.1) is 10.2 Å². The van der Waals surface area contributed by atoms with E-state index in [0.29, 0.717) is 25.5 Å². The quantitative estimate of drug-likeness (QED) is 0.517. The third kappa shape index (κ3) is 6.02. The molecule has 11 heteroatoms. The van der Waals surface area contributed by atoms with Crippen LogP contribution in [0.3, 0.4) is 0 Å². The van der Waals surface area contributed by atoms with Crippen molar-refractivity contribution in [2.75, 3.05) is 6.54 Å². The van der Waals surface area contributed by atoms with Crippen LogP contribution < -0.4 is 5.32 Å². The molecule has 0 bridgehead atoms. The van der Waals surface area contributed by atoms with E-state index in [-0.39, 0.29) is 18.4 Å². The number of halogens is 5. The van der Waals surface area contributed by atoms with Crippen LogP contribution in [-0.2, 0) is 12.6 Å². The molecular weight excluding hydrogens is 437 g/mol. The van der Waals surface area contributed by atoms with E-state index in [9.17, 15) is 32.2 Å². The lowest BCUT2D eigenvalue weighted by Gasteiger charge is -2.41. The maximum absolute atomic E-state index is 13.7. The minimum absolute atomic E-state index is 0.107. The summed E-state index contributed by atoms with van der Waals surface area (Å²) in [5.74, 6) is -4.99. The third-order valence-electron chi connectivity index (χ3n) is 5.80. The molecule has 1 aromatic carbocycles. The van der Waals surface area contributed by atoms with E-state index < -0.39 is 53.3 Å². The SMILES string of the molecule is CCCCC1(O)CCNC(C(O)C(Cc2cc(F)cc(F)c2)c2nnc(C(F)(F)F)o2)C1. The number of hydrogen-bond donors (Lipinski definition) is 3. The number of nitrogens with one attached hydrogen (secondary N) is 1. The first kappa shape index (κ1) is 24.5. The van der Waals surface area contributed by atoms with E-state index in [1.54, 1.807) is 0 Å². The Balaban J connectivity index is 1.89. The summed E-state index contributed by atoms with van der Waals surface area (Å²) in [7, 11) is 0. The number of unbranched alkanes of at least 4 members (excludes halogenated alkanes) is 1. The molecule has 0 aliphatic carbocycles. The largest absolute Gasteiger partial charge is 0.470 e. The van der Waals surface area contributed by atoms with Gasteiger partial charge in [0.1, 0.15) is 11.6 Å². The second-order valence-corrected chi connectivity index (χ2v) is 8.36. The van der Waals surface area contributed by atoms with Crippen molar-refractivity contribution in [2.24, 2.45) is 0 Å². The summed E-state index contributed by atoms with van der Waals surface area (Å²) in [5.41, 5.74) is -0.927.